The summed E-state index contributed by atoms with van der Waals surface area (Å²) >= 11 is 0. The summed E-state index contributed by atoms with van der Waals surface area (Å²) in [6.45, 7) is 13.0. The van der Waals surface area contributed by atoms with Gasteiger partial charge in [-0.15, -0.1) is 0 Å². The third-order valence-electron chi connectivity index (χ3n) is 4.56. The van der Waals surface area contributed by atoms with Crippen molar-refractivity contribution in [3.8, 4) is 0 Å². The van der Waals surface area contributed by atoms with Gasteiger partial charge < -0.3 is 10.2 Å². The lowest BCUT2D eigenvalue weighted by Gasteiger charge is -2.41. The van der Waals surface area contributed by atoms with Gasteiger partial charge in [0.15, 0.2) is 0 Å². The van der Waals surface area contributed by atoms with Crippen LogP contribution in [0.1, 0.15) is 53.9 Å². The van der Waals surface area contributed by atoms with Crippen molar-refractivity contribution in [1.82, 2.24) is 10.2 Å². The Kier molecular flexibility index (Phi) is 5.94. The molecule has 0 radical (unpaired) electrons. The van der Waals surface area contributed by atoms with Gasteiger partial charge in [0.25, 0.3) is 0 Å². The minimum atomic E-state index is 0.660. The van der Waals surface area contributed by atoms with Gasteiger partial charge in [0.05, 0.1) is 0 Å². The van der Waals surface area contributed by atoms with Crippen LogP contribution in [0.2, 0.25) is 0 Å². The lowest BCUT2D eigenvalue weighted by Crippen LogP contribution is -2.52. The predicted molar refractivity (Wildman–Crippen MR) is 76.3 cm³/mol. The number of hydrogen-bond acceptors (Lipinski definition) is 2. The first-order valence-electron chi connectivity index (χ1n) is 7.40. The third kappa shape index (κ3) is 4.59. The van der Waals surface area contributed by atoms with E-state index in [1.54, 1.807) is 0 Å². The number of likely N-dealkylation sites (tertiary alicyclic amines) is 1. The normalized spacial score (nSPS) is 34.6. The molecule has 1 N–H and O–H groups in total. The zero-order chi connectivity index (χ0) is 13.0. The van der Waals surface area contributed by atoms with Crippen LogP contribution in [0.25, 0.3) is 0 Å². The molecule has 1 rings (SSSR count). The molecule has 0 aliphatic carbocycles. The quantitative estimate of drug-likeness (QED) is 0.794. The summed E-state index contributed by atoms with van der Waals surface area (Å²) in [4.78, 5) is 2.49. The van der Waals surface area contributed by atoms with Crippen molar-refractivity contribution in [1.29, 1.82) is 0 Å². The van der Waals surface area contributed by atoms with Gasteiger partial charge in [-0.05, 0) is 45.6 Å². The molecule has 102 valence electrons. The summed E-state index contributed by atoms with van der Waals surface area (Å²) in [6, 6.07) is 2.09. The van der Waals surface area contributed by atoms with Crippen LogP contribution in [0.3, 0.4) is 0 Å². The fraction of sp³-hybridized carbons (Fsp3) is 1.00. The van der Waals surface area contributed by atoms with Crippen molar-refractivity contribution in [3.05, 3.63) is 0 Å². The molecule has 5 unspecified atom stereocenters. The Morgan fingerprint density at radius 3 is 2.53 bits per heavy atom. The highest BCUT2D eigenvalue weighted by atomic mass is 15.2. The minimum Gasteiger partial charge on any atom is -0.311 e. The molecule has 1 aliphatic rings. The molecule has 2 nitrogen and oxygen atoms in total. The van der Waals surface area contributed by atoms with Crippen LogP contribution in [0.5, 0.6) is 0 Å². The average molecular weight is 240 g/mol. The molecular weight excluding hydrogens is 208 g/mol. The molecular formula is C15H32N2. The van der Waals surface area contributed by atoms with Crippen LogP contribution in [0.15, 0.2) is 0 Å². The van der Waals surface area contributed by atoms with Crippen molar-refractivity contribution >= 4 is 0 Å². The zero-order valence-corrected chi connectivity index (χ0v) is 12.7. The number of nitrogens with one attached hydrogen (secondary N) is 1. The Balaban J connectivity index is 2.39. The Labute approximate surface area is 108 Å². The van der Waals surface area contributed by atoms with E-state index in [9.17, 15) is 0 Å². The van der Waals surface area contributed by atoms with Gasteiger partial charge in [0.2, 0.25) is 0 Å². The lowest BCUT2D eigenvalue weighted by molar-refractivity contribution is 0.114. The molecule has 0 aromatic rings. The smallest absolute Gasteiger partial charge is 0.0122 e. The molecule has 1 aliphatic heterocycles. The summed E-state index contributed by atoms with van der Waals surface area (Å²) in [7, 11) is 2.25. The Bertz CT molecular complexity index is 217. The summed E-state index contributed by atoms with van der Waals surface area (Å²) in [5, 5.41) is 3.86. The summed E-state index contributed by atoms with van der Waals surface area (Å²) in [6.07, 6.45) is 3.90. The molecule has 1 fully saturated rings. The van der Waals surface area contributed by atoms with Crippen molar-refractivity contribution in [2.75, 3.05) is 13.6 Å². The molecule has 0 spiro atoms. The fourth-order valence-corrected chi connectivity index (χ4v) is 2.98. The van der Waals surface area contributed by atoms with Gasteiger partial charge in [0.1, 0.15) is 0 Å². The van der Waals surface area contributed by atoms with Crippen molar-refractivity contribution in [2.24, 2.45) is 11.8 Å². The van der Waals surface area contributed by atoms with Crippen molar-refractivity contribution < 1.29 is 0 Å². The fourth-order valence-electron chi connectivity index (χ4n) is 2.98. The summed E-state index contributed by atoms with van der Waals surface area (Å²) in [5.41, 5.74) is 0. The van der Waals surface area contributed by atoms with Gasteiger partial charge in [0, 0.05) is 24.7 Å². The van der Waals surface area contributed by atoms with E-state index in [-0.39, 0.29) is 0 Å². The highest BCUT2D eigenvalue weighted by molar-refractivity contribution is 4.87. The van der Waals surface area contributed by atoms with Crippen LogP contribution in [0, 0.1) is 11.8 Å². The Morgan fingerprint density at radius 2 is 1.94 bits per heavy atom. The zero-order valence-electron chi connectivity index (χ0n) is 12.7. The predicted octanol–water partition coefficient (Wildman–Crippen LogP) is 3.13. The Hall–Kier alpha value is -0.0800. The van der Waals surface area contributed by atoms with Crippen LogP contribution in [-0.2, 0) is 0 Å². The first kappa shape index (κ1) is 15.0. The molecule has 17 heavy (non-hydrogen) atoms. The molecule has 1 saturated heterocycles. The second kappa shape index (κ2) is 6.75. The minimum absolute atomic E-state index is 0.660. The topological polar surface area (TPSA) is 15.3 Å². The Morgan fingerprint density at radius 1 is 1.29 bits per heavy atom. The van der Waals surface area contributed by atoms with Gasteiger partial charge in [-0.2, -0.15) is 0 Å². The van der Waals surface area contributed by atoms with Crippen LogP contribution in [-0.4, -0.2) is 36.6 Å². The van der Waals surface area contributed by atoms with Gasteiger partial charge >= 0.3 is 0 Å². The number of nitrogens with zero attached hydrogens (tertiary/aromatic N) is 1. The van der Waals surface area contributed by atoms with Crippen LogP contribution >= 0.6 is 0 Å². The first-order valence-corrected chi connectivity index (χ1v) is 7.40. The van der Waals surface area contributed by atoms with E-state index in [1.807, 2.05) is 0 Å². The van der Waals surface area contributed by atoms with Gasteiger partial charge in [-0.25, -0.2) is 0 Å². The van der Waals surface area contributed by atoms with Crippen molar-refractivity contribution in [3.63, 3.8) is 0 Å². The van der Waals surface area contributed by atoms with E-state index >= 15 is 0 Å². The average Bonchev–Trinajstić information content (AvgIpc) is 2.25. The van der Waals surface area contributed by atoms with E-state index in [0.717, 1.165) is 17.9 Å². The maximum absolute atomic E-state index is 3.86. The van der Waals surface area contributed by atoms with Crippen LogP contribution < -0.4 is 5.32 Å². The molecule has 0 aromatic heterocycles. The number of piperidine rings is 1. The molecule has 0 aromatic carbocycles. The van der Waals surface area contributed by atoms with E-state index in [0.29, 0.717) is 12.1 Å². The lowest BCUT2D eigenvalue weighted by atomic mass is 9.88. The maximum atomic E-state index is 3.86. The van der Waals surface area contributed by atoms with Gasteiger partial charge in [-0.3, -0.25) is 0 Å². The molecule has 0 amide bonds. The summed E-state index contributed by atoms with van der Waals surface area (Å²) in [5.74, 6) is 1.62. The second-order valence-corrected chi connectivity index (χ2v) is 6.42. The maximum Gasteiger partial charge on any atom is 0.0122 e. The standard InChI is InChI=1S/C15H32N2/c1-7-11(2)8-13(4)16-15-9-14(5)17(6)10-12(15)3/h11-16H,7-10H2,1-6H3. The molecule has 1 heterocycles. The highest BCUT2D eigenvalue weighted by Crippen LogP contribution is 2.22. The van der Waals surface area contributed by atoms with Crippen LogP contribution in [0.4, 0.5) is 0 Å². The largest absolute Gasteiger partial charge is 0.311 e. The third-order valence-corrected chi connectivity index (χ3v) is 4.56. The van der Waals surface area contributed by atoms with E-state index in [4.69, 9.17) is 0 Å². The van der Waals surface area contributed by atoms with Crippen molar-refractivity contribution in [2.45, 2.75) is 72.0 Å². The molecule has 0 bridgehead atoms. The molecule has 5 atom stereocenters. The summed E-state index contributed by atoms with van der Waals surface area (Å²) < 4.78 is 0. The monoisotopic (exact) mass is 240 g/mol. The first-order chi connectivity index (χ1) is 7.93. The highest BCUT2D eigenvalue weighted by Gasteiger charge is 2.29. The molecule has 2 heteroatoms. The van der Waals surface area contributed by atoms with E-state index in [2.05, 4.69) is 51.9 Å². The number of rotatable bonds is 5. The second-order valence-electron chi connectivity index (χ2n) is 6.42. The van der Waals surface area contributed by atoms with Gasteiger partial charge in [-0.1, -0.05) is 27.2 Å². The number of hydrogen-bond donors (Lipinski definition) is 1. The van der Waals surface area contributed by atoms with E-state index in [1.165, 1.54) is 25.8 Å². The SMILES string of the molecule is CCC(C)CC(C)NC1CC(C)N(C)CC1C. The van der Waals surface area contributed by atoms with E-state index < -0.39 is 0 Å². The molecule has 0 saturated carbocycles.